The van der Waals surface area contributed by atoms with Gasteiger partial charge in [-0.1, -0.05) is 18.2 Å². The number of hydroxylamine groups is 2. The Balaban J connectivity index is 0.00000144. The lowest BCUT2D eigenvalue weighted by Crippen LogP contribution is -2.27. The summed E-state index contributed by atoms with van der Waals surface area (Å²) >= 11 is 0. The number of halogens is 1. The molecule has 0 bridgehead atoms. The molecule has 0 aliphatic carbocycles. The summed E-state index contributed by atoms with van der Waals surface area (Å²) in [7, 11) is 1.58. The van der Waals surface area contributed by atoms with Crippen LogP contribution in [0.3, 0.4) is 0 Å². The van der Waals surface area contributed by atoms with Crippen molar-refractivity contribution in [2.75, 3.05) is 7.05 Å². The summed E-state index contributed by atoms with van der Waals surface area (Å²) in [6, 6.07) is 9.17. The zero-order valence-electron chi connectivity index (χ0n) is 7.56. The minimum absolute atomic E-state index is 0. The van der Waals surface area contributed by atoms with Crippen molar-refractivity contribution in [2.24, 2.45) is 0 Å². The summed E-state index contributed by atoms with van der Waals surface area (Å²) in [6.45, 7) is 1.45. The quantitative estimate of drug-likeness (QED) is 0.684. The fourth-order valence-electron chi connectivity index (χ4n) is 0.704. The van der Waals surface area contributed by atoms with Crippen molar-refractivity contribution in [3.8, 4) is 5.75 Å². The smallest absolute Gasteiger partial charge is 0.251 e. The first-order chi connectivity index (χ1) is 5.70. The molecular formula is C9H12ClNO2. The highest BCUT2D eigenvalue weighted by molar-refractivity contribution is 5.85. The van der Waals surface area contributed by atoms with E-state index < -0.39 is 0 Å². The van der Waals surface area contributed by atoms with Gasteiger partial charge < -0.3 is 4.84 Å². The SMILES string of the molecule is CC(=O)N(C)Oc1ccccc1.Cl. The number of nitrogens with zero attached hydrogens (tertiary/aromatic N) is 1. The van der Waals surface area contributed by atoms with E-state index in [1.54, 1.807) is 19.2 Å². The van der Waals surface area contributed by atoms with Crippen LogP contribution >= 0.6 is 12.4 Å². The molecule has 0 heterocycles. The predicted octanol–water partition coefficient (Wildman–Crippen LogP) is 1.88. The van der Waals surface area contributed by atoms with Crippen molar-refractivity contribution in [3.63, 3.8) is 0 Å². The first-order valence-electron chi connectivity index (χ1n) is 3.67. The second kappa shape index (κ2) is 5.43. The molecule has 0 fully saturated rings. The normalized spacial score (nSPS) is 8.46. The van der Waals surface area contributed by atoms with Gasteiger partial charge in [-0.15, -0.1) is 12.4 Å². The van der Waals surface area contributed by atoms with Crippen molar-refractivity contribution in [1.82, 2.24) is 5.06 Å². The van der Waals surface area contributed by atoms with Crippen molar-refractivity contribution in [2.45, 2.75) is 6.92 Å². The number of hydrogen-bond donors (Lipinski definition) is 0. The third-order valence-corrected chi connectivity index (χ3v) is 1.43. The summed E-state index contributed by atoms with van der Waals surface area (Å²) < 4.78 is 0. The van der Waals surface area contributed by atoms with E-state index in [9.17, 15) is 4.79 Å². The maximum absolute atomic E-state index is 10.7. The second-order valence-corrected chi connectivity index (χ2v) is 2.42. The minimum Gasteiger partial charge on any atom is -0.377 e. The maximum Gasteiger partial charge on any atom is 0.251 e. The molecular weight excluding hydrogens is 190 g/mol. The summed E-state index contributed by atoms with van der Waals surface area (Å²) in [6.07, 6.45) is 0. The van der Waals surface area contributed by atoms with Crippen LogP contribution in [0.2, 0.25) is 0 Å². The van der Waals surface area contributed by atoms with Crippen LogP contribution in [0.15, 0.2) is 30.3 Å². The van der Waals surface area contributed by atoms with E-state index >= 15 is 0 Å². The van der Waals surface area contributed by atoms with E-state index in [-0.39, 0.29) is 18.3 Å². The monoisotopic (exact) mass is 201 g/mol. The van der Waals surface area contributed by atoms with Crippen LogP contribution in [0.4, 0.5) is 0 Å². The topological polar surface area (TPSA) is 29.5 Å². The molecule has 0 aliphatic rings. The molecule has 0 spiro atoms. The molecule has 72 valence electrons. The number of carbonyl (C=O) groups excluding carboxylic acids is 1. The summed E-state index contributed by atoms with van der Waals surface area (Å²) in [5, 5.41) is 1.19. The lowest BCUT2D eigenvalue weighted by molar-refractivity contribution is -0.149. The highest BCUT2D eigenvalue weighted by Crippen LogP contribution is 2.09. The Bertz CT molecular complexity index is 264. The first kappa shape index (κ1) is 11.8. The van der Waals surface area contributed by atoms with Gasteiger partial charge in [-0.25, -0.2) is 0 Å². The van der Waals surface area contributed by atoms with E-state index in [1.165, 1.54) is 12.0 Å². The lowest BCUT2D eigenvalue weighted by Gasteiger charge is -2.14. The standard InChI is InChI=1S/C9H11NO2.ClH/c1-8(11)10(2)12-9-6-4-3-5-7-9;/h3-7H,1-2H3;1H. The molecule has 13 heavy (non-hydrogen) atoms. The van der Waals surface area contributed by atoms with Gasteiger partial charge in [-0.2, -0.15) is 5.06 Å². The van der Waals surface area contributed by atoms with Crippen molar-refractivity contribution >= 4 is 18.3 Å². The second-order valence-electron chi connectivity index (χ2n) is 2.42. The molecule has 0 aromatic heterocycles. The average Bonchev–Trinajstić information content (AvgIpc) is 2.06. The van der Waals surface area contributed by atoms with Gasteiger partial charge in [0.15, 0.2) is 5.75 Å². The molecule has 0 N–H and O–H groups in total. The fraction of sp³-hybridized carbons (Fsp3) is 0.222. The van der Waals surface area contributed by atoms with E-state index in [4.69, 9.17) is 4.84 Å². The van der Waals surface area contributed by atoms with Crippen LogP contribution in [-0.4, -0.2) is 18.0 Å². The van der Waals surface area contributed by atoms with Crippen LogP contribution in [0, 0.1) is 0 Å². The Kier molecular flexibility index (Phi) is 4.92. The van der Waals surface area contributed by atoms with Crippen LogP contribution in [0.5, 0.6) is 5.75 Å². The molecule has 1 aromatic carbocycles. The maximum atomic E-state index is 10.7. The molecule has 0 atom stereocenters. The number of hydrogen-bond acceptors (Lipinski definition) is 2. The van der Waals surface area contributed by atoms with Gasteiger partial charge in [0.1, 0.15) is 0 Å². The molecule has 1 rings (SSSR count). The van der Waals surface area contributed by atoms with Crippen LogP contribution in [-0.2, 0) is 4.79 Å². The number of para-hydroxylation sites is 1. The minimum atomic E-state index is -0.126. The fourth-order valence-corrected chi connectivity index (χ4v) is 0.704. The zero-order chi connectivity index (χ0) is 8.97. The number of amides is 1. The van der Waals surface area contributed by atoms with E-state index in [0.29, 0.717) is 5.75 Å². The number of carbonyl (C=O) groups is 1. The summed E-state index contributed by atoms with van der Waals surface area (Å²) in [5.41, 5.74) is 0. The Hall–Kier alpha value is -1.22. The van der Waals surface area contributed by atoms with Gasteiger partial charge in [0, 0.05) is 14.0 Å². The number of rotatable bonds is 2. The Morgan fingerprint density at radius 2 is 1.85 bits per heavy atom. The van der Waals surface area contributed by atoms with Crippen molar-refractivity contribution in [1.29, 1.82) is 0 Å². The van der Waals surface area contributed by atoms with Gasteiger partial charge in [-0.3, -0.25) is 4.79 Å². The van der Waals surface area contributed by atoms with Crippen LogP contribution < -0.4 is 4.84 Å². The molecule has 3 nitrogen and oxygen atoms in total. The molecule has 0 saturated carbocycles. The summed E-state index contributed by atoms with van der Waals surface area (Å²) in [4.78, 5) is 15.9. The molecule has 1 aromatic rings. The van der Waals surface area contributed by atoms with Crippen LogP contribution in [0.1, 0.15) is 6.92 Å². The largest absolute Gasteiger partial charge is 0.377 e. The third kappa shape index (κ3) is 3.80. The van der Waals surface area contributed by atoms with Gasteiger partial charge in [-0.05, 0) is 12.1 Å². The molecule has 0 radical (unpaired) electrons. The van der Waals surface area contributed by atoms with Crippen molar-refractivity contribution < 1.29 is 9.63 Å². The van der Waals surface area contributed by atoms with Crippen LogP contribution in [0.25, 0.3) is 0 Å². The Labute approximate surface area is 83.7 Å². The highest BCUT2D eigenvalue weighted by Gasteiger charge is 2.02. The highest BCUT2D eigenvalue weighted by atomic mass is 35.5. The molecule has 0 aliphatic heterocycles. The van der Waals surface area contributed by atoms with Gasteiger partial charge >= 0.3 is 0 Å². The molecule has 4 heteroatoms. The molecule has 0 saturated heterocycles. The number of benzene rings is 1. The third-order valence-electron chi connectivity index (χ3n) is 1.43. The summed E-state index contributed by atoms with van der Waals surface area (Å²) in [5.74, 6) is 0.536. The van der Waals surface area contributed by atoms with E-state index in [0.717, 1.165) is 0 Å². The van der Waals surface area contributed by atoms with Gasteiger partial charge in [0.05, 0.1) is 0 Å². The van der Waals surface area contributed by atoms with Gasteiger partial charge in [0.25, 0.3) is 5.91 Å². The van der Waals surface area contributed by atoms with E-state index in [2.05, 4.69) is 0 Å². The molecule has 0 unspecified atom stereocenters. The lowest BCUT2D eigenvalue weighted by atomic mass is 10.3. The Morgan fingerprint density at radius 3 is 2.31 bits per heavy atom. The van der Waals surface area contributed by atoms with Gasteiger partial charge in [0.2, 0.25) is 0 Å². The first-order valence-corrected chi connectivity index (χ1v) is 3.67. The predicted molar refractivity (Wildman–Crippen MR) is 52.8 cm³/mol. The van der Waals surface area contributed by atoms with Crippen molar-refractivity contribution in [3.05, 3.63) is 30.3 Å². The zero-order valence-corrected chi connectivity index (χ0v) is 8.38. The van der Waals surface area contributed by atoms with E-state index in [1.807, 2.05) is 18.2 Å². The Morgan fingerprint density at radius 1 is 1.31 bits per heavy atom. The molecule has 1 amide bonds. The average molecular weight is 202 g/mol.